The Hall–Kier alpha value is -4.15. The van der Waals surface area contributed by atoms with Gasteiger partial charge < -0.3 is 19.5 Å². The number of imide groups is 1. The molecule has 2 aliphatic heterocycles. The van der Waals surface area contributed by atoms with Gasteiger partial charge in [0.2, 0.25) is 5.91 Å². The Labute approximate surface area is 183 Å². The number of hydrogen-bond donors (Lipinski definition) is 1. The van der Waals surface area contributed by atoms with Crippen molar-refractivity contribution >= 4 is 29.1 Å². The van der Waals surface area contributed by atoms with E-state index in [2.05, 4.69) is 15.7 Å². The molecule has 166 valence electrons. The van der Waals surface area contributed by atoms with E-state index in [0.717, 1.165) is 4.90 Å². The van der Waals surface area contributed by atoms with E-state index in [-0.39, 0.29) is 6.54 Å². The standard InChI is InChI=1S/C21H21N5O6/c1-30-14-7-5-13(6-8-14)26-20(28)18-19(21(26)29)25(24-23-18)11-17(27)22-12-4-9-15(31-2)16(10-12)32-3/h4-10,18-19H,11H2,1-3H3,(H,22,27)/t18-,19-/m1/s1. The molecular formula is C21H21N5O6. The van der Waals surface area contributed by atoms with Gasteiger partial charge in [-0.25, -0.2) is 4.90 Å². The summed E-state index contributed by atoms with van der Waals surface area (Å²) in [5.74, 6) is 0.167. The van der Waals surface area contributed by atoms with E-state index in [4.69, 9.17) is 14.2 Å². The van der Waals surface area contributed by atoms with E-state index in [0.29, 0.717) is 28.6 Å². The molecule has 0 spiro atoms. The molecule has 32 heavy (non-hydrogen) atoms. The highest BCUT2D eigenvalue weighted by Crippen LogP contribution is 2.33. The van der Waals surface area contributed by atoms with Gasteiger partial charge in [-0.05, 0) is 36.4 Å². The van der Waals surface area contributed by atoms with Gasteiger partial charge in [-0.3, -0.25) is 19.4 Å². The van der Waals surface area contributed by atoms with Crippen LogP contribution in [0.15, 0.2) is 52.8 Å². The highest BCUT2D eigenvalue weighted by atomic mass is 16.5. The summed E-state index contributed by atoms with van der Waals surface area (Å²) in [6.45, 7) is -0.255. The highest BCUT2D eigenvalue weighted by Gasteiger charge is 2.55. The normalized spacial score (nSPS) is 19.2. The van der Waals surface area contributed by atoms with Crippen LogP contribution in [0.5, 0.6) is 17.2 Å². The predicted molar refractivity (Wildman–Crippen MR) is 113 cm³/mol. The molecular weight excluding hydrogens is 418 g/mol. The highest BCUT2D eigenvalue weighted by molar-refractivity contribution is 6.25. The lowest BCUT2D eigenvalue weighted by Gasteiger charge is -2.20. The van der Waals surface area contributed by atoms with Crippen molar-refractivity contribution in [2.24, 2.45) is 10.3 Å². The third-order valence-corrected chi connectivity index (χ3v) is 5.16. The van der Waals surface area contributed by atoms with Gasteiger partial charge >= 0.3 is 0 Å². The zero-order valence-corrected chi connectivity index (χ0v) is 17.6. The molecule has 0 aliphatic carbocycles. The largest absolute Gasteiger partial charge is 0.497 e. The van der Waals surface area contributed by atoms with Crippen molar-refractivity contribution < 1.29 is 28.6 Å². The molecule has 2 aromatic carbocycles. The van der Waals surface area contributed by atoms with E-state index in [1.165, 1.54) is 26.3 Å². The number of hydrogen-bond acceptors (Lipinski definition) is 9. The summed E-state index contributed by atoms with van der Waals surface area (Å²) in [6.07, 6.45) is 0. The molecule has 4 rings (SSSR count). The molecule has 11 heteroatoms. The van der Waals surface area contributed by atoms with Gasteiger partial charge in [-0.1, -0.05) is 5.22 Å². The summed E-state index contributed by atoms with van der Waals surface area (Å²) in [6, 6.07) is 9.50. The summed E-state index contributed by atoms with van der Waals surface area (Å²) < 4.78 is 15.5. The molecule has 0 unspecified atom stereocenters. The van der Waals surface area contributed by atoms with Crippen molar-refractivity contribution in [1.29, 1.82) is 0 Å². The SMILES string of the molecule is COc1ccc(N2C(=O)[C@@H]3N=NN(CC(=O)Nc4ccc(OC)c(OC)c4)[C@H]3C2=O)cc1. The van der Waals surface area contributed by atoms with Crippen LogP contribution in [0.3, 0.4) is 0 Å². The third kappa shape index (κ3) is 3.68. The molecule has 0 aromatic heterocycles. The molecule has 0 bridgehead atoms. The number of carbonyl (C=O) groups is 3. The molecule has 0 saturated carbocycles. The van der Waals surface area contributed by atoms with Crippen LogP contribution in [-0.4, -0.2) is 62.7 Å². The van der Waals surface area contributed by atoms with Gasteiger partial charge in [-0.15, -0.1) is 0 Å². The first-order valence-electron chi connectivity index (χ1n) is 9.68. The van der Waals surface area contributed by atoms with Crippen molar-refractivity contribution in [1.82, 2.24) is 5.01 Å². The second-order valence-electron chi connectivity index (χ2n) is 7.02. The number of ether oxygens (including phenoxy) is 3. The number of carbonyl (C=O) groups excluding carboxylic acids is 3. The molecule has 11 nitrogen and oxygen atoms in total. The zero-order chi connectivity index (χ0) is 22.8. The van der Waals surface area contributed by atoms with Crippen molar-refractivity contribution in [2.45, 2.75) is 12.1 Å². The number of fused-ring (bicyclic) bond motifs is 1. The lowest BCUT2D eigenvalue weighted by atomic mass is 10.1. The second-order valence-corrected chi connectivity index (χ2v) is 7.02. The molecule has 1 fully saturated rings. The van der Waals surface area contributed by atoms with E-state index in [9.17, 15) is 14.4 Å². The Morgan fingerprint density at radius 1 is 0.969 bits per heavy atom. The summed E-state index contributed by atoms with van der Waals surface area (Å²) in [4.78, 5) is 39.4. The Morgan fingerprint density at radius 2 is 1.69 bits per heavy atom. The van der Waals surface area contributed by atoms with Gasteiger partial charge in [0.15, 0.2) is 23.6 Å². The Balaban J connectivity index is 1.46. The number of rotatable bonds is 7. The zero-order valence-electron chi connectivity index (χ0n) is 17.6. The van der Waals surface area contributed by atoms with E-state index in [1.807, 2.05) is 0 Å². The lowest BCUT2D eigenvalue weighted by Crippen LogP contribution is -2.43. The number of anilines is 2. The quantitative estimate of drug-likeness (QED) is 0.651. The first kappa shape index (κ1) is 21.1. The summed E-state index contributed by atoms with van der Waals surface area (Å²) in [7, 11) is 4.53. The minimum Gasteiger partial charge on any atom is -0.497 e. The van der Waals surface area contributed by atoms with Crippen molar-refractivity contribution in [3.05, 3.63) is 42.5 Å². The molecule has 1 N–H and O–H groups in total. The van der Waals surface area contributed by atoms with E-state index < -0.39 is 29.8 Å². The van der Waals surface area contributed by atoms with Crippen molar-refractivity contribution in [2.75, 3.05) is 38.1 Å². The van der Waals surface area contributed by atoms with Gasteiger partial charge in [0.25, 0.3) is 11.8 Å². The predicted octanol–water partition coefficient (Wildman–Crippen LogP) is 1.64. The average Bonchev–Trinajstić information content (AvgIpc) is 3.32. The minimum atomic E-state index is -0.988. The van der Waals surface area contributed by atoms with Crippen LogP contribution >= 0.6 is 0 Å². The van der Waals surface area contributed by atoms with Crippen LogP contribution in [0, 0.1) is 0 Å². The van der Waals surface area contributed by atoms with Gasteiger partial charge in [0.1, 0.15) is 12.3 Å². The fraction of sp³-hybridized carbons (Fsp3) is 0.286. The molecule has 2 aliphatic rings. The van der Waals surface area contributed by atoms with Gasteiger partial charge in [0.05, 0.1) is 27.0 Å². The third-order valence-electron chi connectivity index (χ3n) is 5.16. The number of methoxy groups -OCH3 is 3. The number of nitrogens with zero attached hydrogens (tertiary/aromatic N) is 4. The number of amides is 3. The molecule has 2 atom stereocenters. The first-order valence-corrected chi connectivity index (χ1v) is 9.68. The maximum atomic E-state index is 13.0. The first-order chi connectivity index (χ1) is 15.5. The van der Waals surface area contributed by atoms with Crippen LogP contribution in [0.25, 0.3) is 0 Å². The number of benzene rings is 2. The van der Waals surface area contributed by atoms with Gasteiger partial charge in [0, 0.05) is 11.8 Å². The fourth-order valence-electron chi connectivity index (χ4n) is 3.60. The van der Waals surface area contributed by atoms with Crippen molar-refractivity contribution in [3.8, 4) is 17.2 Å². The number of nitrogens with one attached hydrogen (secondary N) is 1. The van der Waals surface area contributed by atoms with Crippen LogP contribution in [0.2, 0.25) is 0 Å². The Bertz CT molecular complexity index is 1090. The summed E-state index contributed by atoms with van der Waals surface area (Å²) in [5.41, 5.74) is 0.883. The Morgan fingerprint density at radius 3 is 2.34 bits per heavy atom. The van der Waals surface area contributed by atoms with Crippen LogP contribution in [-0.2, 0) is 14.4 Å². The topological polar surface area (TPSA) is 122 Å². The molecule has 1 saturated heterocycles. The summed E-state index contributed by atoms with van der Waals surface area (Å²) in [5, 5.41) is 11.8. The Kier molecular flexibility index (Phi) is 5.63. The fourth-order valence-corrected chi connectivity index (χ4v) is 3.60. The maximum absolute atomic E-state index is 13.0. The summed E-state index contributed by atoms with van der Waals surface area (Å²) >= 11 is 0. The van der Waals surface area contributed by atoms with Crippen LogP contribution < -0.4 is 24.4 Å². The second kappa shape index (κ2) is 8.53. The monoisotopic (exact) mass is 439 g/mol. The van der Waals surface area contributed by atoms with E-state index in [1.54, 1.807) is 42.5 Å². The maximum Gasteiger partial charge on any atom is 0.263 e. The minimum absolute atomic E-state index is 0.255. The van der Waals surface area contributed by atoms with Crippen LogP contribution in [0.1, 0.15) is 0 Å². The molecule has 2 heterocycles. The van der Waals surface area contributed by atoms with Gasteiger partial charge in [-0.2, -0.15) is 5.11 Å². The van der Waals surface area contributed by atoms with Crippen LogP contribution in [0.4, 0.5) is 11.4 Å². The molecule has 0 radical (unpaired) electrons. The van der Waals surface area contributed by atoms with Crippen molar-refractivity contribution in [3.63, 3.8) is 0 Å². The molecule has 3 amide bonds. The van der Waals surface area contributed by atoms with E-state index >= 15 is 0 Å². The lowest BCUT2D eigenvalue weighted by molar-refractivity contribution is -0.123. The smallest absolute Gasteiger partial charge is 0.263 e. The average molecular weight is 439 g/mol. The molecule has 2 aromatic rings.